The van der Waals surface area contributed by atoms with E-state index >= 15 is 0 Å². The van der Waals surface area contributed by atoms with Crippen LogP contribution in [-0.4, -0.2) is 83.0 Å². The van der Waals surface area contributed by atoms with E-state index in [-0.39, 0.29) is 28.6 Å². The lowest BCUT2D eigenvalue weighted by Gasteiger charge is -2.42. The fraction of sp³-hybridized carbons (Fsp3) is 0.462. The molecule has 2 aliphatic heterocycles. The maximum atomic E-state index is 13.5. The molecule has 2 aliphatic rings. The first kappa shape index (κ1) is 26.9. The molecule has 2 aromatic rings. The monoisotopic (exact) mass is 529 g/mol. The minimum absolute atomic E-state index is 0.0488. The molecule has 2 amide bonds. The first-order valence-electron chi connectivity index (χ1n) is 12.4. The molecule has 37 heavy (non-hydrogen) atoms. The zero-order valence-electron chi connectivity index (χ0n) is 21.3. The Morgan fingerprint density at radius 3 is 2.46 bits per heavy atom. The minimum Gasteiger partial charge on any atom is -0.497 e. The molecule has 0 aromatic heterocycles. The maximum absolute atomic E-state index is 13.5. The fourth-order valence-corrected chi connectivity index (χ4v) is 6.57. The number of benzene rings is 2. The number of hydrogen-bond donors (Lipinski definition) is 2. The van der Waals surface area contributed by atoms with Crippen LogP contribution in [-0.2, 0) is 14.8 Å². The minimum atomic E-state index is -3.61. The largest absolute Gasteiger partial charge is 0.497 e. The summed E-state index contributed by atoms with van der Waals surface area (Å²) in [4.78, 5) is 17.3. The van der Waals surface area contributed by atoms with E-state index in [0.29, 0.717) is 69.2 Å². The summed E-state index contributed by atoms with van der Waals surface area (Å²) in [7, 11) is -0.449. The van der Waals surface area contributed by atoms with Gasteiger partial charge < -0.3 is 20.1 Å². The number of urea groups is 1. The topological polar surface area (TPSA) is 129 Å². The molecule has 10 nitrogen and oxygen atoms in total. The molecule has 1 atom stereocenters. The van der Waals surface area contributed by atoms with Crippen LogP contribution in [0.5, 0.6) is 5.75 Å². The molecular weight excluding hydrogens is 494 g/mol. The Balaban J connectivity index is 1.44. The molecule has 200 valence electrons. The van der Waals surface area contributed by atoms with Gasteiger partial charge in [0.05, 0.1) is 18.6 Å². The summed E-state index contributed by atoms with van der Waals surface area (Å²) < 4.78 is 38.4. The van der Waals surface area contributed by atoms with Gasteiger partial charge in [-0.05, 0) is 43.0 Å². The Morgan fingerprint density at radius 1 is 1.05 bits per heavy atom. The highest BCUT2D eigenvalue weighted by molar-refractivity contribution is 7.89. The Labute approximate surface area is 218 Å². The third kappa shape index (κ3) is 6.06. The SMILES string of the molecule is COCC1CN(CC2CCN(S(=O)(=O)c3cccc(OC)c3)CC2)C(=O)N(c2cccc(C(=N)N)c2)C1. The average molecular weight is 530 g/mol. The number of ether oxygens (including phenoxy) is 2. The van der Waals surface area contributed by atoms with E-state index in [4.69, 9.17) is 20.6 Å². The Morgan fingerprint density at radius 2 is 1.78 bits per heavy atom. The first-order chi connectivity index (χ1) is 17.7. The molecule has 4 rings (SSSR count). The molecule has 0 aliphatic carbocycles. The number of amides is 2. The van der Waals surface area contributed by atoms with Crippen molar-refractivity contribution >= 4 is 27.6 Å². The highest BCUT2D eigenvalue weighted by atomic mass is 32.2. The molecule has 2 fully saturated rings. The van der Waals surface area contributed by atoms with Crippen molar-refractivity contribution in [3.05, 3.63) is 54.1 Å². The number of sulfonamides is 1. The van der Waals surface area contributed by atoms with Crippen molar-refractivity contribution in [3.63, 3.8) is 0 Å². The van der Waals surface area contributed by atoms with Gasteiger partial charge in [0.15, 0.2) is 0 Å². The number of piperidine rings is 1. The van der Waals surface area contributed by atoms with Crippen LogP contribution < -0.4 is 15.4 Å². The average Bonchev–Trinajstić information content (AvgIpc) is 2.91. The highest BCUT2D eigenvalue weighted by Gasteiger charge is 2.36. The lowest BCUT2D eigenvalue weighted by atomic mass is 9.96. The molecule has 3 N–H and O–H groups in total. The molecule has 0 radical (unpaired) electrons. The maximum Gasteiger partial charge on any atom is 0.324 e. The number of nitrogen functional groups attached to an aromatic ring is 1. The molecule has 0 saturated carbocycles. The van der Waals surface area contributed by atoms with Gasteiger partial charge in [-0.15, -0.1) is 0 Å². The van der Waals surface area contributed by atoms with Crippen LogP contribution in [0.2, 0.25) is 0 Å². The summed E-state index contributed by atoms with van der Waals surface area (Å²) in [6.07, 6.45) is 1.34. The predicted molar refractivity (Wildman–Crippen MR) is 142 cm³/mol. The van der Waals surface area contributed by atoms with Gasteiger partial charge in [0.2, 0.25) is 10.0 Å². The Bertz CT molecular complexity index is 1230. The number of rotatable bonds is 9. The molecular formula is C26H35N5O5S. The van der Waals surface area contributed by atoms with Crippen LogP contribution in [0.4, 0.5) is 10.5 Å². The summed E-state index contributed by atoms with van der Waals surface area (Å²) in [5, 5.41) is 7.74. The van der Waals surface area contributed by atoms with Crippen molar-refractivity contribution in [2.24, 2.45) is 17.6 Å². The molecule has 2 heterocycles. The van der Waals surface area contributed by atoms with Crippen LogP contribution in [0.15, 0.2) is 53.4 Å². The summed E-state index contributed by atoms with van der Waals surface area (Å²) >= 11 is 0. The van der Waals surface area contributed by atoms with Crippen molar-refractivity contribution in [1.29, 1.82) is 5.41 Å². The van der Waals surface area contributed by atoms with Crippen LogP contribution in [0.1, 0.15) is 18.4 Å². The second-order valence-corrected chi connectivity index (χ2v) is 11.5. The van der Waals surface area contributed by atoms with Crippen LogP contribution in [0.3, 0.4) is 0 Å². The van der Waals surface area contributed by atoms with Gasteiger partial charge in [0.1, 0.15) is 11.6 Å². The number of carbonyl (C=O) groups excluding carboxylic acids is 1. The van der Waals surface area contributed by atoms with Gasteiger partial charge in [0, 0.05) is 63.1 Å². The quantitative estimate of drug-likeness (QED) is 0.379. The summed E-state index contributed by atoms with van der Waals surface area (Å²) in [5.74, 6) is 0.764. The van der Waals surface area contributed by atoms with E-state index in [1.165, 1.54) is 11.4 Å². The number of nitrogens with two attached hydrogens (primary N) is 1. The van der Waals surface area contributed by atoms with Crippen molar-refractivity contribution in [2.75, 3.05) is 58.5 Å². The number of nitrogens with zero attached hydrogens (tertiary/aromatic N) is 3. The number of carbonyl (C=O) groups is 1. The summed E-state index contributed by atoms with van der Waals surface area (Å²) in [5.41, 5.74) is 6.92. The second kappa shape index (κ2) is 11.5. The summed E-state index contributed by atoms with van der Waals surface area (Å²) in [6.45, 7) is 2.97. The van der Waals surface area contributed by atoms with Crippen molar-refractivity contribution in [1.82, 2.24) is 9.21 Å². The van der Waals surface area contributed by atoms with E-state index < -0.39 is 10.0 Å². The van der Waals surface area contributed by atoms with Gasteiger partial charge in [-0.3, -0.25) is 10.3 Å². The lowest BCUT2D eigenvalue weighted by Crippen LogP contribution is -2.56. The third-order valence-electron chi connectivity index (χ3n) is 7.02. The number of anilines is 1. The van der Waals surface area contributed by atoms with E-state index in [1.807, 2.05) is 11.0 Å². The molecule has 0 spiro atoms. The zero-order chi connectivity index (χ0) is 26.6. The predicted octanol–water partition coefficient (Wildman–Crippen LogP) is 2.58. The Kier molecular flexibility index (Phi) is 8.35. The first-order valence-corrected chi connectivity index (χ1v) is 13.8. The van der Waals surface area contributed by atoms with Crippen LogP contribution in [0, 0.1) is 17.2 Å². The van der Waals surface area contributed by atoms with Crippen molar-refractivity contribution in [3.8, 4) is 5.75 Å². The molecule has 0 bridgehead atoms. The highest BCUT2D eigenvalue weighted by Crippen LogP contribution is 2.29. The lowest BCUT2D eigenvalue weighted by molar-refractivity contribution is 0.105. The number of nitrogens with one attached hydrogen (secondary N) is 1. The number of hydrogen-bond acceptors (Lipinski definition) is 6. The molecule has 11 heteroatoms. The molecule has 1 unspecified atom stereocenters. The van der Waals surface area contributed by atoms with E-state index in [2.05, 4.69) is 0 Å². The standard InChI is InChI=1S/C26H35N5O5S/c1-35-18-20-16-29(26(32)31(17-20)22-6-3-5-21(13-22)25(27)28)15-19-9-11-30(12-10-19)37(33,34)24-8-4-7-23(14-24)36-2/h3-8,13-14,19-20H,9-12,15-18H2,1-2H3,(H3,27,28). The van der Waals surface area contributed by atoms with Gasteiger partial charge in [0.25, 0.3) is 0 Å². The van der Waals surface area contributed by atoms with E-state index in [1.54, 1.807) is 54.5 Å². The second-order valence-electron chi connectivity index (χ2n) is 9.61. The number of amidine groups is 1. The third-order valence-corrected chi connectivity index (χ3v) is 8.92. The van der Waals surface area contributed by atoms with Gasteiger partial charge in [-0.25, -0.2) is 13.2 Å². The van der Waals surface area contributed by atoms with E-state index in [9.17, 15) is 13.2 Å². The Hall–Kier alpha value is -3.15. The fourth-order valence-electron chi connectivity index (χ4n) is 5.06. The molecule has 2 saturated heterocycles. The van der Waals surface area contributed by atoms with Crippen molar-refractivity contribution in [2.45, 2.75) is 17.7 Å². The van der Waals surface area contributed by atoms with Gasteiger partial charge in [-0.2, -0.15) is 4.31 Å². The van der Waals surface area contributed by atoms with Gasteiger partial charge in [-0.1, -0.05) is 18.2 Å². The number of methoxy groups -OCH3 is 2. The zero-order valence-corrected chi connectivity index (χ0v) is 22.1. The smallest absolute Gasteiger partial charge is 0.324 e. The normalized spacial score (nSPS) is 19.7. The van der Waals surface area contributed by atoms with E-state index in [0.717, 1.165) is 0 Å². The van der Waals surface area contributed by atoms with Gasteiger partial charge >= 0.3 is 6.03 Å². The molecule has 2 aromatic carbocycles. The van der Waals surface area contributed by atoms with Crippen LogP contribution in [0.25, 0.3) is 0 Å². The summed E-state index contributed by atoms with van der Waals surface area (Å²) in [6, 6.07) is 13.6. The van der Waals surface area contributed by atoms with Crippen LogP contribution >= 0.6 is 0 Å². The van der Waals surface area contributed by atoms with Crippen molar-refractivity contribution < 1.29 is 22.7 Å².